The van der Waals surface area contributed by atoms with Gasteiger partial charge in [0, 0.05) is 12.3 Å². The summed E-state index contributed by atoms with van der Waals surface area (Å²) in [5, 5.41) is 0. The molecule has 0 aromatic heterocycles. The van der Waals surface area contributed by atoms with E-state index in [0.717, 1.165) is 5.56 Å². The molecule has 0 saturated carbocycles. The molecular formula is C13H19NO3. The molecule has 0 fully saturated rings. The van der Waals surface area contributed by atoms with Crippen molar-refractivity contribution in [3.63, 3.8) is 0 Å². The summed E-state index contributed by atoms with van der Waals surface area (Å²) in [5.41, 5.74) is 7.62. The number of rotatable bonds is 5. The van der Waals surface area contributed by atoms with E-state index in [0.29, 0.717) is 24.5 Å². The van der Waals surface area contributed by atoms with E-state index in [-0.39, 0.29) is 12.1 Å². The normalized spacial score (nSPS) is 12.2. The Labute approximate surface area is 102 Å². The predicted octanol–water partition coefficient (Wildman–Crippen LogP) is 2.16. The molecule has 0 radical (unpaired) electrons. The Bertz CT molecular complexity index is 390. The lowest BCUT2D eigenvalue weighted by atomic mass is 10.1. The van der Waals surface area contributed by atoms with E-state index in [2.05, 4.69) is 0 Å². The van der Waals surface area contributed by atoms with Gasteiger partial charge in [0.05, 0.1) is 12.2 Å². The highest BCUT2D eigenvalue weighted by molar-refractivity contribution is 5.91. The van der Waals surface area contributed by atoms with Crippen molar-refractivity contribution in [3.05, 3.63) is 29.3 Å². The van der Waals surface area contributed by atoms with Crippen LogP contribution in [0.5, 0.6) is 0 Å². The van der Waals surface area contributed by atoms with Crippen LogP contribution in [0.15, 0.2) is 18.2 Å². The zero-order valence-electron chi connectivity index (χ0n) is 10.5. The lowest BCUT2D eigenvalue weighted by molar-refractivity contribution is 0.00433. The Morgan fingerprint density at radius 2 is 2.18 bits per heavy atom. The molecule has 1 unspecified atom stereocenters. The Morgan fingerprint density at radius 1 is 1.47 bits per heavy atom. The van der Waals surface area contributed by atoms with Gasteiger partial charge in [0.25, 0.3) is 0 Å². The second kappa shape index (κ2) is 6.25. The van der Waals surface area contributed by atoms with Crippen LogP contribution in [0.25, 0.3) is 0 Å². The number of ether oxygens (including phenoxy) is 2. The Balaban J connectivity index is 2.63. The largest absolute Gasteiger partial charge is 0.457 e. The molecule has 1 aromatic carbocycles. The van der Waals surface area contributed by atoms with Crippen molar-refractivity contribution in [2.45, 2.75) is 26.9 Å². The van der Waals surface area contributed by atoms with Gasteiger partial charge in [0.1, 0.15) is 6.10 Å². The van der Waals surface area contributed by atoms with E-state index in [4.69, 9.17) is 15.2 Å². The highest BCUT2D eigenvalue weighted by atomic mass is 16.6. The molecule has 0 amide bonds. The molecule has 0 aliphatic rings. The summed E-state index contributed by atoms with van der Waals surface area (Å²) in [6.45, 7) is 6.57. The summed E-state index contributed by atoms with van der Waals surface area (Å²) in [7, 11) is 0. The minimum Gasteiger partial charge on any atom is -0.457 e. The SMILES string of the molecule is CCOCC(C)OC(=O)c1ccc(N)cc1C. The van der Waals surface area contributed by atoms with Crippen LogP contribution >= 0.6 is 0 Å². The van der Waals surface area contributed by atoms with Crippen molar-refractivity contribution in [2.75, 3.05) is 18.9 Å². The molecule has 1 rings (SSSR count). The molecule has 2 N–H and O–H groups in total. The van der Waals surface area contributed by atoms with Gasteiger partial charge in [-0.05, 0) is 44.5 Å². The zero-order chi connectivity index (χ0) is 12.8. The maximum Gasteiger partial charge on any atom is 0.338 e. The fraction of sp³-hybridized carbons (Fsp3) is 0.462. The molecule has 0 heterocycles. The van der Waals surface area contributed by atoms with Crippen molar-refractivity contribution in [3.8, 4) is 0 Å². The Hall–Kier alpha value is -1.55. The maximum absolute atomic E-state index is 11.8. The molecule has 1 aromatic rings. The fourth-order valence-corrected chi connectivity index (χ4v) is 1.48. The van der Waals surface area contributed by atoms with Gasteiger partial charge in [0.2, 0.25) is 0 Å². The molecule has 4 nitrogen and oxygen atoms in total. The van der Waals surface area contributed by atoms with E-state index in [1.54, 1.807) is 25.1 Å². The van der Waals surface area contributed by atoms with Gasteiger partial charge in [-0.3, -0.25) is 0 Å². The number of carbonyl (C=O) groups excluding carboxylic acids is 1. The number of nitrogens with two attached hydrogens (primary N) is 1. The molecular weight excluding hydrogens is 218 g/mol. The summed E-state index contributed by atoms with van der Waals surface area (Å²) in [5.74, 6) is -0.338. The number of hydrogen-bond donors (Lipinski definition) is 1. The van der Waals surface area contributed by atoms with Crippen LogP contribution in [0.2, 0.25) is 0 Å². The van der Waals surface area contributed by atoms with Gasteiger partial charge < -0.3 is 15.2 Å². The van der Waals surface area contributed by atoms with E-state index >= 15 is 0 Å². The van der Waals surface area contributed by atoms with Gasteiger partial charge in [-0.15, -0.1) is 0 Å². The van der Waals surface area contributed by atoms with Crippen molar-refractivity contribution in [1.82, 2.24) is 0 Å². The van der Waals surface area contributed by atoms with Crippen LogP contribution in [0.4, 0.5) is 5.69 Å². The van der Waals surface area contributed by atoms with Crippen molar-refractivity contribution in [1.29, 1.82) is 0 Å². The van der Waals surface area contributed by atoms with Gasteiger partial charge in [-0.1, -0.05) is 0 Å². The molecule has 0 aliphatic heterocycles. The highest BCUT2D eigenvalue weighted by Gasteiger charge is 2.14. The van der Waals surface area contributed by atoms with E-state index < -0.39 is 0 Å². The third-order valence-electron chi connectivity index (χ3n) is 2.34. The minimum absolute atomic E-state index is 0.251. The number of nitrogen functional groups attached to an aromatic ring is 1. The van der Waals surface area contributed by atoms with Crippen molar-refractivity contribution >= 4 is 11.7 Å². The molecule has 0 saturated heterocycles. The van der Waals surface area contributed by atoms with Crippen LogP contribution in [0, 0.1) is 6.92 Å². The van der Waals surface area contributed by atoms with Crippen LogP contribution in [-0.4, -0.2) is 25.3 Å². The second-order valence-corrected chi connectivity index (χ2v) is 3.95. The molecule has 1 atom stereocenters. The topological polar surface area (TPSA) is 61.5 Å². The average molecular weight is 237 g/mol. The second-order valence-electron chi connectivity index (χ2n) is 3.95. The Morgan fingerprint density at radius 3 is 2.76 bits per heavy atom. The van der Waals surface area contributed by atoms with Gasteiger partial charge in [-0.25, -0.2) is 4.79 Å². The summed E-state index contributed by atoms with van der Waals surface area (Å²) in [6, 6.07) is 5.13. The van der Waals surface area contributed by atoms with Crippen LogP contribution in [-0.2, 0) is 9.47 Å². The monoisotopic (exact) mass is 237 g/mol. The highest BCUT2D eigenvalue weighted by Crippen LogP contribution is 2.14. The van der Waals surface area contributed by atoms with Gasteiger partial charge >= 0.3 is 5.97 Å². The van der Waals surface area contributed by atoms with Crippen LogP contribution in [0.3, 0.4) is 0 Å². The average Bonchev–Trinajstić information content (AvgIpc) is 2.26. The summed E-state index contributed by atoms with van der Waals surface area (Å²) in [6.07, 6.45) is -0.251. The first-order valence-electron chi connectivity index (χ1n) is 5.69. The lowest BCUT2D eigenvalue weighted by Crippen LogP contribution is -2.21. The van der Waals surface area contributed by atoms with Crippen LogP contribution in [0.1, 0.15) is 29.8 Å². The van der Waals surface area contributed by atoms with E-state index in [9.17, 15) is 4.79 Å². The Kier molecular flexibility index (Phi) is 4.97. The summed E-state index contributed by atoms with van der Waals surface area (Å²) < 4.78 is 10.4. The van der Waals surface area contributed by atoms with Crippen molar-refractivity contribution < 1.29 is 14.3 Å². The molecule has 17 heavy (non-hydrogen) atoms. The molecule has 0 spiro atoms. The van der Waals surface area contributed by atoms with Crippen LogP contribution < -0.4 is 5.73 Å². The van der Waals surface area contributed by atoms with Gasteiger partial charge in [-0.2, -0.15) is 0 Å². The third kappa shape index (κ3) is 4.07. The number of anilines is 1. The molecule has 0 bridgehead atoms. The minimum atomic E-state index is -0.338. The number of carbonyl (C=O) groups is 1. The first-order chi connectivity index (χ1) is 8.04. The number of esters is 1. The smallest absolute Gasteiger partial charge is 0.338 e. The predicted molar refractivity (Wildman–Crippen MR) is 67.0 cm³/mol. The number of hydrogen-bond acceptors (Lipinski definition) is 4. The quantitative estimate of drug-likeness (QED) is 0.629. The molecule has 4 heteroatoms. The zero-order valence-corrected chi connectivity index (χ0v) is 10.5. The fourth-order valence-electron chi connectivity index (χ4n) is 1.48. The number of aryl methyl sites for hydroxylation is 1. The molecule has 0 aliphatic carbocycles. The molecule has 94 valence electrons. The van der Waals surface area contributed by atoms with E-state index in [1.807, 2.05) is 13.8 Å². The van der Waals surface area contributed by atoms with Gasteiger partial charge in [0.15, 0.2) is 0 Å². The lowest BCUT2D eigenvalue weighted by Gasteiger charge is -2.14. The summed E-state index contributed by atoms with van der Waals surface area (Å²) in [4.78, 5) is 11.8. The first-order valence-corrected chi connectivity index (χ1v) is 5.69. The van der Waals surface area contributed by atoms with E-state index in [1.165, 1.54) is 0 Å². The maximum atomic E-state index is 11.8. The standard InChI is InChI=1S/C13H19NO3/c1-4-16-8-10(3)17-13(15)12-6-5-11(14)7-9(12)2/h5-7,10H,4,8,14H2,1-3H3. The summed E-state index contributed by atoms with van der Waals surface area (Å²) >= 11 is 0. The third-order valence-corrected chi connectivity index (χ3v) is 2.34. The number of benzene rings is 1. The van der Waals surface area contributed by atoms with Crippen molar-refractivity contribution in [2.24, 2.45) is 0 Å². The first kappa shape index (κ1) is 13.5.